The molecule has 6 heteroatoms. The quantitative estimate of drug-likeness (QED) is 0.673. The van der Waals surface area contributed by atoms with Crippen LogP contribution in [0.5, 0.6) is 0 Å². The lowest BCUT2D eigenvalue weighted by atomic mass is 10.1. The number of thiazole rings is 1. The average Bonchev–Trinajstić information content (AvgIpc) is 3.13. The minimum atomic E-state index is -0.364. The fourth-order valence-corrected chi connectivity index (χ4v) is 2.63. The Hall–Kier alpha value is -1.79. The van der Waals surface area contributed by atoms with E-state index in [1.165, 1.54) is 30.2 Å². The number of benzene rings is 1. The van der Waals surface area contributed by atoms with Crippen LogP contribution in [0.15, 0.2) is 29.6 Å². The average molecular weight is 275 g/mol. The van der Waals surface area contributed by atoms with Crippen molar-refractivity contribution in [2.75, 3.05) is 0 Å². The van der Waals surface area contributed by atoms with Crippen LogP contribution >= 0.6 is 11.3 Å². The van der Waals surface area contributed by atoms with Crippen molar-refractivity contribution in [3.63, 3.8) is 0 Å². The monoisotopic (exact) mass is 275 g/mol. The molecule has 1 aliphatic carbocycles. The summed E-state index contributed by atoms with van der Waals surface area (Å²) >= 11 is 1.54. The number of hydrogen-bond donors (Lipinski definition) is 1. The van der Waals surface area contributed by atoms with Gasteiger partial charge in [-0.3, -0.25) is 10.1 Å². The van der Waals surface area contributed by atoms with Crippen LogP contribution in [0.2, 0.25) is 0 Å². The Morgan fingerprint density at radius 1 is 1.42 bits per heavy atom. The SMILES string of the molecule is O=[N+]([O-])c1ccccc1-c1csc(CNC2CC2)n1. The van der Waals surface area contributed by atoms with Crippen LogP contribution in [0, 0.1) is 10.1 Å². The first-order valence-corrected chi connectivity index (χ1v) is 7.03. The molecule has 1 saturated carbocycles. The van der Waals surface area contributed by atoms with Gasteiger partial charge in [0.2, 0.25) is 0 Å². The first-order valence-electron chi connectivity index (χ1n) is 6.15. The van der Waals surface area contributed by atoms with E-state index in [-0.39, 0.29) is 10.6 Å². The number of nitro benzene ring substituents is 1. The zero-order chi connectivity index (χ0) is 13.2. The van der Waals surface area contributed by atoms with Gasteiger partial charge in [0.15, 0.2) is 0 Å². The van der Waals surface area contributed by atoms with E-state index in [4.69, 9.17) is 0 Å². The Kier molecular flexibility index (Phi) is 3.27. The normalized spacial score (nSPS) is 14.5. The Morgan fingerprint density at radius 2 is 2.21 bits per heavy atom. The molecule has 0 amide bonds. The summed E-state index contributed by atoms with van der Waals surface area (Å²) in [5.41, 5.74) is 1.38. The van der Waals surface area contributed by atoms with E-state index < -0.39 is 0 Å². The van der Waals surface area contributed by atoms with Crippen molar-refractivity contribution in [1.82, 2.24) is 10.3 Å². The lowest BCUT2D eigenvalue weighted by Crippen LogP contribution is -2.14. The summed E-state index contributed by atoms with van der Waals surface area (Å²) in [5.74, 6) is 0. The molecule has 2 aromatic rings. The van der Waals surface area contributed by atoms with Gasteiger partial charge in [0.25, 0.3) is 5.69 Å². The maximum absolute atomic E-state index is 11.0. The second kappa shape index (κ2) is 5.07. The van der Waals surface area contributed by atoms with Crippen LogP contribution in [0.3, 0.4) is 0 Å². The number of para-hydroxylation sites is 1. The third kappa shape index (κ3) is 2.80. The molecule has 1 heterocycles. The second-order valence-corrected chi connectivity index (χ2v) is 5.50. The molecule has 0 aliphatic heterocycles. The third-order valence-electron chi connectivity index (χ3n) is 3.05. The fraction of sp³-hybridized carbons (Fsp3) is 0.308. The van der Waals surface area contributed by atoms with Crippen molar-refractivity contribution in [2.24, 2.45) is 0 Å². The summed E-state index contributed by atoms with van der Waals surface area (Å²) < 4.78 is 0. The number of nitro groups is 1. The summed E-state index contributed by atoms with van der Waals surface area (Å²) in [6, 6.07) is 7.36. The maximum Gasteiger partial charge on any atom is 0.278 e. The van der Waals surface area contributed by atoms with Gasteiger partial charge >= 0.3 is 0 Å². The second-order valence-electron chi connectivity index (χ2n) is 4.56. The van der Waals surface area contributed by atoms with Crippen molar-refractivity contribution in [3.05, 3.63) is 44.8 Å². The molecule has 1 aliphatic rings. The predicted octanol–water partition coefficient (Wildman–Crippen LogP) is 2.97. The maximum atomic E-state index is 11.0. The van der Waals surface area contributed by atoms with Crippen molar-refractivity contribution >= 4 is 17.0 Å². The van der Waals surface area contributed by atoms with E-state index in [2.05, 4.69) is 10.3 Å². The molecule has 0 radical (unpaired) electrons. The lowest BCUT2D eigenvalue weighted by molar-refractivity contribution is -0.384. The molecule has 0 unspecified atom stereocenters. The van der Waals surface area contributed by atoms with Gasteiger partial charge in [-0.25, -0.2) is 4.98 Å². The molecule has 1 aromatic heterocycles. The van der Waals surface area contributed by atoms with Crippen LogP contribution in [-0.4, -0.2) is 15.9 Å². The Labute approximate surface area is 114 Å². The minimum Gasteiger partial charge on any atom is -0.308 e. The molecule has 0 atom stereocenters. The fourth-order valence-electron chi connectivity index (χ4n) is 1.88. The van der Waals surface area contributed by atoms with Gasteiger partial charge in [-0.1, -0.05) is 12.1 Å². The predicted molar refractivity (Wildman–Crippen MR) is 74.1 cm³/mol. The lowest BCUT2D eigenvalue weighted by Gasteiger charge is -1.99. The van der Waals surface area contributed by atoms with Crippen molar-refractivity contribution in [2.45, 2.75) is 25.4 Å². The van der Waals surface area contributed by atoms with E-state index >= 15 is 0 Å². The van der Waals surface area contributed by atoms with Crippen LogP contribution in [0.1, 0.15) is 17.8 Å². The topological polar surface area (TPSA) is 68.1 Å². The smallest absolute Gasteiger partial charge is 0.278 e. The molecule has 5 nitrogen and oxygen atoms in total. The number of rotatable bonds is 5. The summed E-state index contributed by atoms with van der Waals surface area (Å²) in [4.78, 5) is 15.1. The van der Waals surface area contributed by atoms with Crippen molar-refractivity contribution in [1.29, 1.82) is 0 Å². The Morgan fingerprint density at radius 3 is 2.95 bits per heavy atom. The van der Waals surface area contributed by atoms with Gasteiger partial charge in [0.05, 0.1) is 16.2 Å². The summed E-state index contributed by atoms with van der Waals surface area (Å²) in [7, 11) is 0. The van der Waals surface area contributed by atoms with E-state index in [9.17, 15) is 10.1 Å². The van der Waals surface area contributed by atoms with Gasteiger partial charge in [-0.05, 0) is 18.9 Å². The van der Waals surface area contributed by atoms with Crippen LogP contribution in [0.25, 0.3) is 11.3 Å². The molecule has 1 aromatic carbocycles. The van der Waals surface area contributed by atoms with Gasteiger partial charge in [-0.2, -0.15) is 0 Å². The van der Waals surface area contributed by atoms with Crippen LogP contribution in [0.4, 0.5) is 5.69 Å². The van der Waals surface area contributed by atoms with Crippen LogP contribution in [-0.2, 0) is 6.54 Å². The standard InChI is InChI=1S/C13H13N3O2S/c17-16(18)12-4-2-1-3-10(12)11-8-19-13(15-11)7-14-9-5-6-9/h1-4,8-9,14H,5-7H2. The first kappa shape index (κ1) is 12.3. The summed E-state index contributed by atoms with van der Waals surface area (Å²) in [6.07, 6.45) is 2.48. The molecular formula is C13H13N3O2S. The van der Waals surface area contributed by atoms with E-state index in [1.807, 2.05) is 5.38 Å². The van der Waals surface area contributed by atoms with Gasteiger partial charge in [0, 0.05) is 24.0 Å². The third-order valence-corrected chi connectivity index (χ3v) is 3.90. The summed E-state index contributed by atoms with van der Waals surface area (Å²) in [5, 5.41) is 17.2. The highest BCUT2D eigenvalue weighted by atomic mass is 32.1. The van der Waals surface area contributed by atoms with Crippen molar-refractivity contribution < 1.29 is 4.92 Å². The summed E-state index contributed by atoms with van der Waals surface area (Å²) in [6.45, 7) is 0.746. The van der Waals surface area contributed by atoms with Gasteiger partial charge < -0.3 is 5.32 Å². The van der Waals surface area contributed by atoms with Crippen molar-refractivity contribution in [3.8, 4) is 11.3 Å². The first-order chi connectivity index (χ1) is 9.24. The number of hydrogen-bond acceptors (Lipinski definition) is 5. The molecule has 1 N–H and O–H groups in total. The molecule has 0 bridgehead atoms. The Bertz CT molecular complexity index is 607. The van der Waals surface area contributed by atoms with Crippen LogP contribution < -0.4 is 5.32 Å². The molecule has 98 valence electrons. The molecule has 1 fully saturated rings. The van der Waals surface area contributed by atoms with E-state index in [1.54, 1.807) is 18.2 Å². The number of nitrogens with one attached hydrogen (secondary N) is 1. The molecule has 19 heavy (non-hydrogen) atoms. The zero-order valence-electron chi connectivity index (χ0n) is 10.2. The van der Waals surface area contributed by atoms with Gasteiger partial charge in [0.1, 0.15) is 5.01 Å². The van der Waals surface area contributed by atoms with E-state index in [0.717, 1.165) is 11.6 Å². The van der Waals surface area contributed by atoms with E-state index in [0.29, 0.717) is 17.3 Å². The highest BCUT2D eigenvalue weighted by molar-refractivity contribution is 7.09. The highest BCUT2D eigenvalue weighted by Gasteiger charge is 2.21. The number of aromatic nitrogens is 1. The molecule has 0 saturated heterocycles. The minimum absolute atomic E-state index is 0.106. The molecular weight excluding hydrogens is 262 g/mol. The molecule has 3 rings (SSSR count). The largest absolute Gasteiger partial charge is 0.308 e. The number of nitrogens with zero attached hydrogens (tertiary/aromatic N) is 2. The molecule has 0 spiro atoms. The van der Waals surface area contributed by atoms with Gasteiger partial charge in [-0.15, -0.1) is 11.3 Å². The zero-order valence-corrected chi connectivity index (χ0v) is 11.0. The highest BCUT2D eigenvalue weighted by Crippen LogP contribution is 2.30. The Balaban J connectivity index is 1.83.